The fourth-order valence-electron chi connectivity index (χ4n) is 7.73. The molecular formula is C41H35N3O2. The molecule has 3 heterocycles. The summed E-state index contributed by atoms with van der Waals surface area (Å²) in [6.07, 6.45) is 16.9. The van der Waals surface area contributed by atoms with Gasteiger partial charge in [-0.25, -0.2) is 0 Å². The van der Waals surface area contributed by atoms with Crippen molar-refractivity contribution in [2.24, 2.45) is 5.73 Å². The minimum Gasteiger partial charge on any atom is -0.460 e. The molecule has 3 atom stereocenters. The third-order valence-electron chi connectivity index (χ3n) is 9.88. The molecule has 0 fully saturated rings. The summed E-state index contributed by atoms with van der Waals surface area (Å²) in [7, 11) is 0. The van der Waals surface area contributed by atoms with E-state index >= 15 is 0 Å². The highest BCUT2D eigenvalue weighted by Crippen LogP contribution is 2.54. The molecule has 0 radical (unpaired) electrons. The number of nitrogens with two attached hydrogens (primary N) is 1. The first-order valence-corrected chi connectivity index (χ1v) is 16.2. The zero-order valence-electron chi connectivity index (χ0n) is 25.7. The number of nitrogens with one attached hydrogen (secondary N) is 1. The number of hydrogen-bond donors (Lipinski definition) is 2. The molecule has 0 saturated carbocycles. The van der Waals surface area contributed by atoms with Crippen molar-refractivity contribution in [3.05, 3.63) is 150 Å². The van der Waals surface area contributed by atoms with Gasteiger partial charge in [-0.05, 0) is 61.4 Å². The number of para-hydroxylation sites is 2. The maximum atomic E-state index is 6.99. The van der Waals surface area contributed by atoms with Gasteiger partial charge in [-0.2, -0.15) is 0 Å². The number of rotatable bonds is 2. The lowest BCUT2D eigenvalue weighted by molar-refractivity contribution is 0.405. The predicted octanol–water partition coefficient (Wildman–Crippen LogP) is 8.99. The Balaban J connectivity index is 1.24. The first kappa shape index (κ1) is 27.1. The molecule has 5 heteroatoms. The lowest BCUT2D eigenvalue weighted by Gasteiger charge is -2.30. The molecule has 4 aromatic rings. The molecule has 4 aromatic carbocycles. The summed E-state index contributed by atoms with van der Waals surface area (Å²) < 4.78 is 13.9. The SMILES string of the molecule is C[C@@]1(N)C=CC2C1c1ccccc1N2c1ccc2c(c1)Oc1ccccc1C1=C(CCC=C1)Oc1cc(C3=CC=CCN3)ccc1-2. The van der Waals surface area contributed by atoms with Gasteiger partial charge in [0.05, 0.1) is 6.04 Å². The smallest absolute Gasteiger partial charge is 0.137 e. The first-order chi connectivity index (χ1) is 22.5. The van der Waals surface area contributed by atoms with Crippen LogP contribution in [0.25, 0.3) is 22.4 Å². The third-order valence-corrected chi connectivity index (χ3v) is 9.88. The van der Waals surface area contributed by atoms with Crippen molar-refractivity contribution in [2.75, 3.05) is 11.4 Å². The second-order valence-corrected chi connectivity index (χ2v) is 12.9. The van der Waals surface area contributed by atoms with E-state index in [1.807, 2.05) is 6.07 Å². The highest BCUT2D eigenvalue weighted by atomic mass is 16.5. The quantitative estimate of drug-likeness (QED) is 0.225. The minimum atomic E-state index is -0.421. The van der Waals surface area contributed by atoms with E-state index in [2.05, 4.69) is 139 Å². The van der Waals surface area contributed by atoms with Gasteiger partial charge in [-0.1, -0.05) is 78.9 Å². The summed E-state index contributed by atoms with van der Waals surface area (Å²) in [5, 5.41) is 3.50. The van der Waals surface area contributed by atoms with Gasteiger partial charge in [0.1, 0.15) is 23.0 Å². The van der Waals surface area contributed by atoms with Gasteiger partial charge >= 0.3 is 0 Å². The molecule has 5 nitrogen and oxygen atoms in total. The summed E-state index contributed by atoms with van der Waals surface area (Å²) >= 11 is 0. The van der Waals surface area contributed by atoms with E-state index in [9.17, 15) is 0 Å². The zero-order valence-corrected chi connectivity index (χ0v) is 25.7. The normalized spacial score (nSPS) is 23.5. The molecule has 46 heavy (non-hydrogen) atoms. The van der Waals surface area contributed by atoms with Crippen LogP contribution >= 0.6 is 0 Å². The summed E-state index contributed by atoms with van der Waals surface area (Å²) in [6, 6.07) is 30.1. The number of ether oxygens (including phenoxy) is 2. The van der Waals surface area contributed by atoms with Crippen LogP contribution in [-0.2, 0) is 0 Å². The Hall–Kier alpha value is -5.26. The molecule has 3 aliphatic heterocycles. The standard InChI is InChI=1S/C41H35N3O2/c1-41(42)22-21-35-40(41)32-12-2-5-14-34(32)44(35)27-18-20-31-30-19-17-26(33-13-8-9-23-43-33)24-38(30)45-36-15-6-3-10-28(36)29-11-4-7-16-37(29)46-39(31)25-27/h2-5,7-14,16-22,24-25,35,40,43H,6,15,23,42H2,1H3/t35?,40?,41-/m1/s1. The summed E-state index contributed by atoms with van der Waals surface area (Å²) in [5.41, 5.74) is 16.2. The Bertz CT molecular complexity index is 2060. The van der Waals surface area contributed by atoms with Crippen LogP contribution < -0.4 is 25.4 Å². The Labute approximate surface area is 269 Å². The lowest BCUT2D eigenvalue weighted by atomic mass is 9.84. The van der Waals surface area contributed by atoms with Crippen molar-refractivity contribution in [2.45, 2.75) is 37.3 Å². The van der Waals surface area contributed by atoms with Gasteiger partial charge in [0.25, 0.3) is 0 Å². The first-order valence-electron chi connectivity index (χ1n) is 16.2. The van der Waals surface area contributed by atoms with Crippen molar-refractivity contribution in [3.63, 3.8) is 0 Å². The molecule has 0 bridgehead atoms. The van der Waals surface area contributed by atoms with Crippen LogP contribution in [0.3, 0.4) is 0 Å². The fraction of sp³-hybridized carbons (Fsp3) is 0.171. The van der Waals surface area contributed by atoms with Gasteiger partial charge < -0.3 is 25.4 Å². The van der Waals surface area contributed by atoms with Gasteiger partial charge in [0.2, 0.25) is 0 Å². The number of fused-ring (bicyclic) bond motifs is 8. The van der Waals surface area contributed by atoms with Gasteiger partial charge in [-0.3, -0.25) is 0 Å². The van der Waals surface area contributed by atoms with E-state index in [0.717, 1.165) is 81.6 Å². The molecule has 0 spiro atoms. The topological polar surface area (TPSA) is 59.8 Å². The number of hydrogen-bond acceptors (Lipinski definition) is 5. The molecular weight excluding hydrogens is 566 g/mol. The van der Waals surface area contributed by atoms with Crippen molar-refractivity contribution >= 4 is 22.6 Å². The molecule has 0 saturated heterocycles. The van der Waals surface area contributed by atoms with Gasteiger partial charge in [-0.15, -0.1) is 0 Å². The van der Waals surface area contributed by atoms with Crippen LogP contribution in [0.1, 0.15) is 42.4 Å². The van der Waals surface area contributed by atoms with E-state index in [1.165, 1.54) is 11.3 Å². The second kappa shape index (κ2) is 10.4. The van der Waals surface area contributed by atoms with Crippen LogP contribution in [-0.4, -0.2) is 18.1 Å². The molecule has 226 valence electrons. The largest absolute Gasteiger partial charge is 0.460 e. The van der Waals surface area contributed by atoms with Crippen molar-refractivity contribution in [3.8, 4) is 28.4 Å². The van der Waals surface area contributed by atoms with E-state index < -0.39 is 5.54 Å². The monoisotopic (exact) mass is 601 g/mol. The van der Waals surface area contributed by atoms with Gasteiger partial charge in [0, 0.05) is 75.4 Å². The maximum absolute atomic E-state index is 6.99. The van der Waals surface area contributed by atoms with Gasteiger partial charge in [0.15, 0.2) is 0 Å². The summed E-state index contributed by atoms with van der Waals surface area (Å²) in [6.45, 7) is 2.94. The Kier molecular flexibility index (Phi) is 6.12. The van der Waals surface area contributed by atoms with E-state index in [-0.39, 0.29) is 12.0 Å². The van der Waals surface area contributed by atoms with Crippen LogP contribution in [0.2, 0.25) is 0 Å². The van der Waals surface area contributed by atoms with Crippen molar-refractivity contribution in [1.29, 1.82) is 0 Å². The molecule has 2 aliphatic carbocycles. The number of anilines is 2. The average molecular weight is 602 g/mol. The van der Waals surface area contributed by atoms with E-state index in [4.69, 9.17) is 15.2 Å². The van der Waals surface area contributed by atoms with Crippen LogP contribution in [0.5, 0.6) is 17.2 Å². The molecule has 2 unspecified atom stereocenters. The Morgan fingerprint density at radius 3 is 2.57 bits per heavy atom. The average Bonchev–Trinajstić information content (AvgIpc) is 3.60. The van der Waals surface area contributed by atoms with E-state index in [1.54, 1.807) is 0 Å². The Morgan fingerprint density at radius 1 is 0.848 bits per heavy atom. The fourth-order valence-corrected chi connectivity index (χ4v) is 7.73. The van der Waals surface area contributed by atoms with Crippen molar-refractivity contribution < 1.29 is 9.47 Å². The number of benzene rings is 4. The highest BCUT2D eigenvalue weighted by Gasteiger charge is 2.48. The minimum absolute atomic E-state index is 0.126. The highest BCUT2D eigenvalue weighted by molar-refractivity contribution is 5.86. The number of nitrogens with zero attached hydrogens (tertiary/aromatic N) is 1. The van der Waals surface area contributed by atoms with Crippen LogP contribution in [0.15, 0.2) is 133 Å². The molecule has 0 amide bonds. The lowest BCUT2D eigenvalue weighted by Crippen LogP contribution is -2.41. The predicted molar refractivity (Wildman–Crippen MR) is 186 cm³/mol. The molecule has 5 aliphatic rings. The van der Waals surface area contributed by atoms with E-state index in [0.29, 0.717) is 0 Å². The molecule has 0 aromatic heterocycles. The molecule has 9 rings (SSSR count). The second-order valence-electron chi connectivity index (χ2n) is 12.9. The Morgan fingerprint density at radius 2 is 1.67 bits per heavy atom. The maximum Gasteiger partial charge on any atom is 0.137 e. The number of allylic oxidation sites excluding steroid dienone is 6. The third kappa shape index (κ3) is 4.27. The summed E-state index contributed by atoms with van der Waals surface area (Å²) in [5.74, 6) is 3.54. The van der Waals surface area contributed by atoms with Crippen LogP contribution in [0, 0.1) is 0 Å². The van der Waals surface area contributed by atoms with Crippen molar-refractivity contribution in [1.82, 2.24) is 5.32 Å². The zero-order chi connectivity index (χ0) is 30.8. The van der Waals surface area contributed by atoms with Crippen LogP contribution in [0.4, 0.5) is 11.4 Å². The molecule has 3 N–H and O–H groups in total. The number of dihydropyridines is 1. The summed E-state index contributed by atoms with van der Waals surface area (Å²) in [4.78, 5) is 2.42.